The summed E-state index contributed by atoms with van der Waals surface area (Å²) in [6.07, 6.45) is 2.51. The van der Waals surface area contributed by atoms with Crippen molar-refractivity contribution in [2.24, 2.45) is 0 Å². The number of carbonyl (C=O) groups is 1. The zero-order chi connectivity index (χ0) is 22.9. The van der Waals surface area contributed by atoms with Gasteiger partial charge in [0.05, 0.1) is 11.6 Å². The van der Waals surface area contributed by atoms with Gasteiger partial charge in [0.15, 0.2) is 0 Å². The van der Waals surface area contributed by atoms with Gasteiger partial charge in [-0.15, -0.1) is 0 Å². The van der Waals surface area contributed by atoms with E-state index in [4.69, 9.17) is 5.26 Å². The number of rotatable bonds is 8. The molecule has 1 heterocycles. The fourth-order valence-electron chi connectivity index (χ4n) is 3.58. The molecule has 0 unspecified atom stereocenters. The van der Waals surface area contributed by atoms with E-state index in [0.717, 1.165) is 28.7 Å². The molecule has 1 aromatic heterocycles. The van der Waals surface area contributed by atoms with Crippen LogP contribution in [0.15, 0.2) is 103 Å². The van der Waals surface area contributed by atoms with E-state index in [1.165, 1.54) is 0 Å². The van der Waals surface area contributed by atoms with E-state index < -0.39 is 6.04 Å². The van der Waals surface area contributed by atoms with Gasteiger partial charge >= 0.3 is 0 Å². The predicted octanol–water partition coefficient (Wildman–Crippen LogP) is 5.13. The summed E-state index contributed by atoms with van der Waals surface area (Å²) in [6.45, 7) is 0.610. The van der Waals surface area contributed by atoms with E-state index in [1.807, 2.05) is 97.1 Å². The summed E-state index contributed by atoms with van der Waals surface area (Å²) in [6, 6.07) is 32.5. The Morgan fingerprint density at radius 2 is 1.55 bits per heavy atom. The molecule has 0 saturated heterocycles. The highest BCUT2D eigenvalue weighted by atomic mass is 16.2. The monoisotopic (exact) mass is 432 g/mol. The molecule has 0 saturated carbocycles. The molecule has 0 fully saturated rings. The van der Waals surface area contributed by atoms with Gasteiger partial charge in [-0.25, -0.2) is 4.98 Å². The lowest BCUT2D eigenvalue weighted by atomic mass is 10.0. The van der Waals surface area contributed by atoms with Gasteiger partial charge in [-0.1, -0.05) is 72.8 Å². The van der Waals surface area contributed by atoms with E-state index in [9.17, 15) is 4.79 Å². The van der Waals surface area contributed by atoms with Crippen LogP contribution in [-0.2, 0) is 11.2 Å². The zero-order valence-electron chi connectivity index (χ0n) is 18.1. The number of amides is 1. The standard InChI is InChI=1S/C28H24N4O/c29-19-22-13-11-21(12-14-22)17-18-30-27(24-9-5-2-6-10-24)28(33)32-26-16-15-25(20-31-26)23-7-3-1-4-8-23/h1-16,20,27,30H,17-18H2,(H,31,32,33)/t27-/m1/s1. The third-order valence-electron chi connectivity index (χ3n) is 5.36. The number of nitrogens with zero attached hydrogens (tertiary/aromatic N) is 2. The smallest absolute Gasteiger partial charge is 0.247 e. The highest BCUT2D eigenvalue weighted by Gasteiger charge is 2.20. The van der Waals surface area contributed by atoms with Crippen LogP contribution in [0.5, 0.6) is 0 Å². The first-order valence-corrected chi connectivity index (χ1v) is 10.8. The molecule has 0 aliphatic rings. The fraction of sp³-hybridized carbons (Fsp3) is 0.107. The number of aromatic nitrogens is 1. The molecule has 3 aromatic carbocycles. The maximum Gasteiger partial charge on any atom is 0.247 e. The summed E-state index contributed by atoms with van der Waals surface area (Å²) in [5, 5.41) is 15.2. The number of pyridine rings is 1. The number of hydrogen-bond acceptors (Lipinski definition) is 4. The van der Waals surface area contributed by atoms with Gasteiger partial charge in [-0.3, -0.25) is 4.79 Å². The Morgan fingerprint density at radius 3 is 2.18 bits per heavy atom. The Kier molecular flexibility index (Phi) is 7.22. The van der Waals surface area contributed by atoms with E-state index in [-0.39, 0.29) is 5.91 Å². The molecule has 1 atom stereocenters. The van der Waals surface area contributed by atoms with Crippen molar-refractivity contribution in [2.75, 3.05) is 11.9 Å². The Labute approximate surface area is 193 Å². The van der Waals surface area contributed by atoms with Crippen LogP contribution in [0.1, 0.15) is 22.7 Å². The number of nitrogens with one attached hydrogen (secondary N) is 2. The van der Waals surface area contributed by atoms with Gasteiger partial charge in [-0.05, 0) is 47.4 Å². The number of anilines is 1. The van der Waals surface area contributed by atoms with Gasteiger partial charge in [0.25, 0.3) is 0 Å². The summed E-state index contributed by atoms with van der Waals surface area (Å²) >= 11 is 0. The van der Waals surface area contributed by atoms with Crippen molar-refractivity contribution in [3.05, 3.63) is 120 Å². The maximum atomic E-state index is 13.1. The first kappa shape index (κ1) is 21.9. The summed E-state index contributed by atoms with van der Waals surface area (Å²) < 4.78 is 0. The Hall–Kier alpha value is -4.27. The lowest BCUT2D eigenvalue weighted by molar-refractivity contribution is -0.118. The van der Waals surface area contributed by atoms with Gasteiger partial charge in [-0.2, -0.15) is 5.26 Å². The van der Waals surface area contributed by atoms with Crippen LogP contribution in [0.4, 0.5) is 5.82 Å². The molecule has 4 aromatic rings. The van der Waals surface area contributed by atoms with Crippen LogP contribution in [0.25, 0.3) is 11.1 Å². The third-order valence-corrected chi connectivity index (χ3v) is 5.36. The molecule has 0 aliphatic heterocycles. The van der Waals surface area contributed by atoms with Crippen molar-refractivity contribution in [1.82, 2.24) is 10.3 Å². The van der Waals surface area contributed by atoms with Crippen LogP contribution in [0.3, 0.4) is 0 Å². The normalized spacial score (nSPS) is 11.4. The second kappa shape index (κ2) is 10.9. The minimum absolute atomic E-state index is 0.166. The van der Waals surface area contributed by atoms with Crippen molar-refractivity contribution in [3.63, 3.8) is 0 Å². The molecular formula is C28H24N4O. The second-order valence-corrected chi connectivity index (χ2v) is 7.64. The van der Waals surface area contributed by atoms with Crippen LogP contribution >= 0.6 is 0 Å². The van der Waals surface area contributed by atoms with Crippen molar-refractivity contribution in [1.29, 1.82) is 5.26 Å². The quantitative estimate of drug-likeness (QED) is 0.404. The van der Waals surface area contributed by atoms with Crippen molar-refractivity contribution >= 4 is 11.7 Å². The van der Waals surface area contributed by atoms with Crippen molar-refractivity contribution < 1.29 is 4.79 Å². The van der Waals surface area contributed by atoms with E-state index in [2.05, 4.69) is 21.7 Å². The van der Waals surface area contributed by atoms with Crippen LogP contribution < -0.4 is 10.6 Å². The van der Waals surface area contributed by atoms with Crippen LogP contribution in [0.2, 0.25) is 0 Å². The van der Waals surface area contributed by atoms with Crippen LogP contribution in [-0.4, -0.2) is 17.4 Å². The van der Waals surface area contributed by atoms with Gasteiger partial charge in [0.2, 0.25) is 5.91 Å². The molecule has 2 N–H and O–H groups in total. The highest BCUT2D eigenvalue weighted by molar-refractivity contribution is 5.95. The second-order valence-electron chi connectivity index (χ2n) is 7.64. The number of benzene rings is 3. The third kappa shape index (κ3) is 5.91. The number of hydrogen-bond donors (Lipinski definition) is 2. The van der Waals surface area contributed by atoms with Crippen molar-refractivity contribution in [2.45, 2.75) is 12.5 Å². The summed E-state index contributed by atoms with van der Waals surface area (Å²) in [7, 11) is 0. The molecule has 0 radical (unpaired) electrons. The lowest BCUT2D eigenvalue weighted by Crippen LogP contribution is -2.34. The summed E-state index contributed by atoms with van der Waals surface area (Å²) in [5.74, 6) is 0.343. The minimum Gasteiger partial charge on any atom is -0.309 e. The molecule has 0 bridgehead atoms. The largest absolute Gasteiger partial charge is 0.309 e. The van der Waals surface area contributed by atoms with E-state index >= 15 is 0 Å². The number of carbonyl (C=O) groups excluding carboxylic acids is 1. The summed E-state index contributed by atoms with van der Waals surface area (Å²) in [4.78, 5) is 17.6. The van der Waals surface area contributed by atoms with E-state index in [0.29, 0.717) is 17.9 Å². The summed E-state index contributed by atoms with van der Waals surface area (Å²) in [5.41, 5.74) is 4.70. The van der Waals surface area contributed by atoms with Gasteiger partial charge in [0.1, 0.15) is 11.9 Å². The lowest BCUT2D eigenvalue weighted by Gasteiger charge is -2.19. The molecule has 33 heavy (non-hydrogen) atoms. The Morgan fingerprint density at radius 1 is 0.848 bits per heavy atom. The SMILES string of the molecule is N#Cc1ccc(CCN[C@@H](C(=O)Nc2ccc(-c3ccccc3)cn2)c2ccccc2)cc1. The molecule has 0 spiro atoms. The average Bonchev–Trinajstić information content (AvgIpc) is 2.88. The molecule has 4 rings (SSSR count). The van der Waals surface area contributed by atoms with Gasteiger partial charge < -0.3 is 10.6 Å². The molecule has 162 valence electrons. The zero-order valence-corrected chi connectivity index (χ0v) is 18.1. The molecule has 5 nitrogen and oxygen atoms in total. The fourth-order valence-corrected chi connectivity index (χ4v) is 3.58. The maximum absolute atomic E-state index is 13.1. The Balaban J connectivity index is 1.43. The Bertz CT molecular complexity index is 1220. The van der Waals surface area contributed by atoms with Crippen LogP contribution in [0, 0.1) is 11.3 Å². The molecule has 5 heteroatoms. The molecular weight excluding hydrogens is 408 g/mol. The average molecular weight is 433 g/mol. The first-order valence-electron chi connectivity index (χ1n) is 10.8. The van der Waals surface area contributed by atoms with Crippen molar-refractivity contribution in [3.8, 4) is 17.2 Å². The molecule has 1 amide bonds. The first-order chi connectivity index (χ1) is 16.2. The molecule has 0 aliphatic carbocycles. The predicted molar refractivity (Wildman–Crippen MR) is 130 cm³/mol. The number of nitriles is 1. The van der Waals surface area contributed by atoms with E-state index in [1.54, 1.807) is 6.20 Å². The highest BCUT2D eigenvalue weighted by Crippen LogP contribution is 2.20. The minimum atomic E-state index is -0.514. The van der Waals surface area contributed by atoms with Gasteiger partial charge in [0, 0.05) is 18.3 Å². The topological polar surface area (TPSA) is 77.8 Å².